The number of alkyl halides is 5. The highest BCUT2D eigenvalue weighted by Gasteiger charge is 2.39. The molecule has 0 spiro atoms. The van der Waals surface area contributed by atoms with Crippen molar-refractivity contribution in [1.29, 1.82) is 0 Å². The Morgan fingerprint density at radius 2 is 1.93 bits per heavy atom. The number of aromatic nitrogens is 1. The van der Waals surface area contributed by atoms with E-state index >= 15 is 0 Å². The first-order valence-electron chi connectivity index (χ1n) is 3.39. The Kier molecular flexibility index (Phi) is 2.59. The number of nitrogens with zero attached hydrogens (tertiary/aromatic N) is 1. The third kappa shape index (κ3) is 2.09. The normalized spacial score (nSPS) is 12.1. The first-order chi connectivity index (χ1) is 6.32. The van der Waals surface area contributed by atoms with Crippen LogP contribution in [-0.2, 0) is 0 Å². The molecule has 0 N–H and O–H groups in total. The van der Waals surface area contributed by atoms with E-state index in [1.54, 1.807) is 0 Å². The van der Waals surface area contributed by atoms with E-state index in [0.717, 1.165) is 0 Å². The summed E-state index contributed by atoms with van der Waals surface area (Å²) in [4.78, 5) is 10.5. The van der Waals surface area contributed by atoms with Crippen LogP contribution in [0.1, 0.15) is 16.9 Å². The standard InChI is InChI=1S/C7H4F5NO/c8-6(9)13-2-1-4(3-13)5(14)7(10,11)12/h1-3,6H. The average Bonchev–Trinajstić information content (AvgIpc) is 2.48. The van der Waals surface area contributed by atoms with Crippen molar-refractivity contribution < 1.29 is 26.7 Å². The zero-order chi connectivity index (χ0) is 10.9. The minimum Gasteiger partial charge on any atom is -0.298 e. The Hall–Kier alpha value is -1.40. The minimum absolute atomic E-state index is 0.221. The van der Waals surface area contributed by atoms with Gasteiger partial charge in [0.15, 0.2) is 0 Å². The fraction of sp³-hybridized carbons (Fsp3) is 0.286. The predicted octanol–water partition coefficient (Wildman–Crippen LogP) is 2.63. The lowest BCUT2D eigenvalue weighted by molar-refractivity contribution is -0.0885. The summed E-state index contributed by atoms with van der Waals surface area (Å²) < 4.78 is 59.4. The van der Waals surface area contributed by atoms with E-state index in [0.29, 0.717) is 18.5 Å². The van der Waals surface area contributed by atoms with Crippen molar-refractivity contribution in [2.45, 2.75) is 12.7 Å². The summed E-state index contributed by atoms with van der Waals surface area (Å²) in [5.74, 6) is -2.13. The number of Topliss-reactive ketones (excluding diaryl/α,β-unsaturated/α-hetero) is 1. The molecular weight excluding hydrogens is 209 g/mol. The number of rotatable bonds is 2. The summed E-state index contributed by atoms with van der Waals surface area (Å²) in [6, 6.07) is 0.696. The molecule has 14 heavy (non-hydrogen) atoms. The van der Waals surface area contributed by atoms with Gasteiger partial charge in [-0.25, -0.2) is 0 Å². The Labute approximate surface area is 74.9 Å². The van der Waals surface area contributed by atoms with Crippen LogP contribution in [0.2, 0.25) is 0 Å². The summed E-state index contributed by atoms with van der Waals surface area (Å²) in [5.41, 5.74) is -0.794. The lowest BCUT2D eigenvalue weighted by atomic mass is 10.2. The van der Waals surface area contributed by atoms with Crippen molar-refractivity contribution in [3.05, 3.63) is 24.0 Å². The molecule has 0 unspecified atom stereocenters. The van der Waals surface area contributed by atoms with Crippen molar-refractivity contribution >= 4 is 5.78 Å². The average molecular weight is 213 g/mol. The van der Waals surface area contributed by atoms with Gasteiger partial charge in [-0.2, -0.15) is 22.0 Å². The quantitative estimate of drug-likeness (QED) is 0.546. The van der Waals surface area contributed by atoms with Crippen molar-refractivity contribution in [2.75, 3.05) is 0 Å². The lowest BCUT2D eigenvalue weighted by Crippen LogP contribution is -2.22. The van der Waals surface area contributed by atoms with Gasteiger partial charge in [0.25, 0.3) is 5.78 Å². The van der Waals surface area contributed by atoms with Crippen LogP contribution >= 0.6 is 0 Å². The molecule has 0 aromatic carbocycles. The van der Waals surface area contributed by atoms with Crippen LogP contribution in [0.3, 0.4) is 0 Å². The van der Waals surface area contributed by atoms with E-state index in [4.69, 9.17) is 0 Å². The van der Waals surface area contributed by atoms with Crippen LogP contribution in [0.5, 0.6) is 0 Å². The maximum Gasteiger partial charge on any atom is 0.454 e. The van der Waals surface area contributed by atoms with E-state index in [1.165, 1.54) is 0 Å². The van der Waals surface area contributed by atoms with Crippen LogP contribution in [-0.4, -0.2) is 16.5 Å². The largest absolute Gasteiger partial charge is 0.454 e. The summed E-state index contributed by atoms with van der Waals surface area (Å²) >= 11 is 0. The number of hydrogen-bond donors (Lipinski definition) is 0. The smallest absolute Gasteiger partial charge is 0.298 e. The molecule has 0 bridgehead atoms. The van der Waals surface area contributed by atoms with Crippen molar-refractivity contribution in [2.24, 2.45) is 0 Å². The van der Waals surface area contributed by atoms with Gasteiger partial charge in [-0.1, -0.05) is 0 Å². The van der Waals surface area contributed by atoms with Crippen molar-refractivity contribution in [1.82, 2.24) is 4.57 Å². The molecule has 0 saturated heterocycles. The van der Waals surface area contributed by atoms with Crippen LogP contribution in [0, 0.1) is 0 Å². The summed E-state index contributed by atoms with van der Waals surface area (Å²) in [7, 11) is 0. The second kappa shape index (κ2) is 3.39. The monoisotopic (exact) mass is 213 g/mol. The summed E-state index contributed by atoms with van der Waals surface area (Å²) in [6.07, 6.45) is -3.86. The molecule has 0 radical (unpaired) electrons. The van der Waals surface area contributed by atoms with Gasteiger partial charge in [0.2, 0.25) is 0 Å². The number of hydrogen-bond acceptors (Lipinski definition) is 1. The van der Waals surface area contributed by atoms with E-state index in [9.17, 15) is 26.7 Å². The molecule has 0 amide bonds. The molecule has 0 saturated carbocycles. The molecule has 0 aliphatic carbocycles. The van der Waals surface area contributed by atoms with Gasteiger partial charge in [0.1, 0.15) is 0 Å². The van der Waals surface area contributed by atoms with E-state index in [2.05, 4.69) is 0 Å². The molecule has 0 fully saturated rings. The van der Waals surface area contributed by atoms with Crippen LogP contribution in [0.4, 0.5) is 22.0 Å². The number of halogens is 5. The third-order valence-corrected chi connectivity index (χ3v) is 1.46. The van der Waals surface area contributed by atoms with E-state index in [1.807, 2.05) is 0 Å². The summed E-state index contributed by atoms with van der Waals surface area (Å²) in [6.45, 7) is -2.95. The zero-order valence-corrected chi connectivity index (χ0v) is 6.55. The van der Waals surface area contributed by atoms with Gasteiger partial charge in [-0.15, -0.1) is 0 Å². The molecule has 0 aliphatic rings. The minimum atomic E-state index is -5.03. The molecule has 2 nitrogen and oxygen atoms in total. The Morgan fingerprint density at radius 3 is 2.29 bits per heavy atom. The number of carbonyl (C=O) groups is 1. The molecule has 1 aromatic rings. The van der Waals surface area contributed by atoms with Gasteiger partial charge in [-0.05, 0) is 6.07 Å². The maximum atomic E-state index is 11.9. The second-order valence-electron chi connectivity index (χ2n) is 2.45. The molecule has 1 heterocycles. The van der Waals surface area contributed by atoms with Crippen LogP contribution in [0.15, 0.2) is 18.5 Å². The van der Waals surface area contributed by atoms with Gasteiger partial charge >= 0.3 is 12.7 Å². The SMILES string of the molecule is O=C(c1ccn(C(F)F)c1)C(F)(F)F. The van der Waals surface area contributed by atoms with Gasteiger partial charge in [0.05, 0.1) is 0 Å². The number of carbonyl (C=O) groups excluding carboxylic acids is 1. The highest BCUT2D eigenvalue weighted by molar-refractivity contribution is 6.00. The summed E-state index contributed by atoms with van der Waals surface area (Å²) in [5, 5.41) is 0. The maximum absolute atomic E-state index is 11.9. The van der Waals surface area contributed by atoms with Crippen molar-refractivity contribution in [3.63, 3.8) is 0 Å². The second-order valence-corrected chi connectivity index (χ2v) is 2.45. The fourth-order valence-electron chi connectivity index (χ4n) is 0.832. The molecule has 0 atom stereocenters. The highest BCUT2D eigenvalue weighted by atomic mass is 19.4. The van der Waals surface area contributed by atoms with E-state index < -0.39 is 24.1 Å². The first-order valence-corrected chi connectivity index (χ1v) is 3.39. The highest BCUT2D eigenvalue weighted by Crippen LogP contribution is 2.22. The third-order valence-electron chi connectivity index (χ3n) is 1.46. The first kappa shape index (κ1) is 10.7. The fourth-order valence-corrected chi connectivity index (χ4v) is 0.832. The topological polar surface area (TPSA) is 22.0 Å². The molecule has 78 valence electrons. The molecular formula is C7H4F5NO. The predicted molar refractivity (Wildman–Crippen MR) is 36.1 cm³/mol. The zero-order valence-electron chi connectivity index (χ0n) is 6.55. The van der Waals surface area contributed by atoms with Crippen molar-refractivity contribution in [3.8, 4) is 0 Å². The molecule has 1 aromatic heterocycles. The van der Waals surface area contributed by atoms with E-state index in [-0.39, 0.29) is 4.57 Å². The Morgan fingerprint density at radius 1 is 1.36 bits per heavy atom. The molecule has 0 aliphatic heterocycles. The molecule has 7 heteroatoms. The lowest BCUT2D eigenvalue weighted by Gasteiger charge is -2.02. The molecule has 1 rings (SSSR count). The Bertz CT molecular complexity index is 340. The van der Waals surface area contributed by atoms with Gasteiger partial charge < -0.3 is 0 Å². The van der Waals surface area contributed by atoms with Crippen LogP contribution in [0.25, 0.3) is 0 Å². The number of ketones is 1. The van der Waals surface area contributed by atoms with Gasteiger partial charge in [0, 0.05) is 18.0 Å². The van der Waals surface area contributed by atoms with Gasteiger partial charge in [-0.3, -0.25) is 9.36 Å². The van der Waals surface area contributed by atoms with Crippen LogP contribution < -0.4 is 0 Å². The Balaban J connectivity index is 2.93.